The molecule has 112 valence electrons. The lowest BCUT2D eigenvalue weighted by Gasteiger charge is -2.24. The highest BCUT2D eigenvalue weighted by atomic mass is 16.2. The average molecular weight is 289 g/mol. The number of H-pyrrole nitrogens is 1. The number of aromatic amines is 1. The summed E-state index contributed by atoms with van der Waals surface area (Å²) in [6, 6.07) is -0.189. The van der Waals surface area contributed by atoms with Gasteiger partial charge in [0.1, 0.15) is 11.6 Å². The Hall–Kier alpha value is -2.38. The predicted octanol–water partition coefficient (Wildman–Crippen LogP) is 0.499. The maximum atomic E-state index is 12.0. The van der Waals surface area contributed by atoms with Gasteiger partial charge in [0.15, 0.2) is 11.5 Å². The van der Waals surface area contributed by atoms with Crippen LogP contribution in [0.2, 0.25) is 0 Å². The summed E-state index contributed by atoms with van der Waals surface area (Å²) < 4.78 is 0. The summed E-state index contributed by atoms with van der Waals surface area (Å²) in [4.78, 5) is 30.3. The van der Waals surface area contributed by atoms with E-state index in [2.05, 4.69) is 30.6 Å². The van der Waals surface area contributed by atoms with E-state index in [1.54, 1.807) is 13.4 Å². The molecular formula is C13H19N7O. The van der Waals surface area contributed by atoms with E-state index >= 15 is 0 Å². The van der Waals surface area contributed by atoms with Crippen molar-refractivity contribution in [3.8, 4) is 0 Å². The van der Waals surface area contributed by atoms with E-state index in [1.165, 1.54) is 0 Å². The van der Waals surface area contributed by atoms with E-state index in [4.69, 9.17) is 0 Å². The number of amides is 1. The Bertz CT molecular complexity index is 653. The van der Waals surface area contributed by atoms with Crippen LogP contribution in [0.25, 0.3) is 11.2 Å². The molecule has 0 spiro atoms. The van der Waals surface area contributed by atoms with Gasteiger partial charge in [0, 0.05) is 20.1 Å². The van der Waals surface area contributed by atoms with Crippen LogP contribution in [0, 0.1) is 0 Å². The fraction of sp³-hybridized carbons (Fsp3) is 0.538. The normalized spacial score (nSPS) is 18.2. The number of nitrogens with one attached hydrogen (secondary N) is 3. The number of anilines is 2. The molecule has 0 bridgehead atoms. The number of rotatable bonds is 4. The molecule has 8 heteroatoms. The smallest absolute Gasteiger partial charge is 0.242 e. The van der Waals surface area contributed by atoms with Gasteiger partial charge in [-0.3, -0.25) is 4.79 Å². The van der Waals surface area contributed by atoms with Crippen molar-refractivity contribution < 1.29 is 4.79 Å². The monoisotopic (exact) mass is 289 g/mol. The highest BCUT2D eigenvalue weighted by Gasteiger charge is 2.32. The second kappa shape index (κ2) is 5.55. The first-order valence-corrected chi connectivity index (χ1v) is 7.17. The topological polar surface area (TPSA) is 98.8 Å². The van der Waals surface area contributed by atoms with Gasteiger partial charge in [-0.05, 0) is 19.8 Å². The second-order valence-corrected chi connectivity index (χ2v) is 4.97. The van der Waals surface area contributed by atoms with Crippen LogP contribution in [-0.4, -0.2) is 52.0 Å². The minimum Gasteiger partial charge on any atom is -0.357 e. The Morgan fingerprint density at radius 2 is 2.38 bits per heavy atom. The number of nitrogens with zero attached hydrogens (tertiary/aromatic N) is 4. The standard InChI is InChI=1S/C13H19N7O/c1-3-15-13-18-10-9(16-7-17-10)11(19-13)20-6-4-5-8(20)12(21)14-2/h7-8H,3-6H2,1-2H3,(H,14,21)(H2,15,16,17,18,19). The van der Waals surface area contributed by atoms with Crippen molar-refractivity contribution in [1.29, 1.82) is 0 Å². The summed E-state index contributed by atoms with van der Waals surface area (Å²) >= 11 is 0. The molecule has 1 atom stereocenters. The quantitative estimate of drug-likeness (QED) is 0.758. The molecule has 0 radical (unpaired) electrons. The summed E-state index contributed by atoms with van der Waals surface area (Å²) in [5.41, 5.74) is 1.38. The van der Waals surface area contributed by atoms with Crippen LogP contribution in [0.5, 0.6) is 0 Å². The number of fused-ring (bicyclic) bond motifs is 1. The third-order valence-electron chi connectivity index (χ3n) is 3.68. The van der Waals surface area contributed by atoms with Crippen molar-refractivity contribution in [2.75, 3.05) is 30.4 Å². The first kappa shape index (κ1) is 13.6. The molecule has 3 N–H and O–H groups in total. The van der Waals surface area contributed by atoms with E-state index in [0.717, 1.165) is 37.3 Å². The average Bonchev–Trinajstić information content (AvgIpc) is 3.14. The van der Waals surface area contributed by atoms with Crippen molar-refractivity contribution in [2.45, 2.75) is 25.8 Å². The Morgan fingerprint density at radius 3 is 3.14 bits per heavy atom. The Balaban J connectivity index is 2.05. The minimum absolute atomic E-state index is 0.0174. The first-order valence-electron chi connectivity index (χ1n) is 7.17. The zero-order chi connectivity index (χ0) is 14.8. The second-order valence-electron chi connectivity index (χ2n) is 4.97. The molecule has 0 aliphatic carbocycles. The number of hydrogen-bond acceptors (Lipinski definition) is 6. The van der Waals surface area contributed by atoms with Crippen molar-refractivity contribution in [3.63, 3.8) is 0 Å². The third kappa shape index (κ3) is 2.37. The van der Waals surface area contributed by atoms with Gasteiger partial charge in [0.25, 0.3) is 0 Å². The molecule has 2 aromatic rings. The highest BCUT2D eigenvalue weighted by molar-refractivity contribution is 5.90. The van der Waals surface area contributed by atoms with Crippen LogP contribution in [0.1, 0.15) is 19.8 Å². The van der Waals surface area contributed by atoms with E-state index in [0.29, 0.717) is 11.6 Å². The molecular weight excluding hydrogens is 270 g/mol. The lowest BCUT2D eigenvalue weighted by molar-refractivity contribution is -0.121. The van der Waals surface area contributed by atoms with Gasteiger partial charge in [-0.1, -0.05) is 0 Å². The van der Waals surface area contributed by atoms with E-state index in [1.807, 2.05) is 11.8 Å². The summed E-state index contributed by atoms with van der Waals surface area (Å²) in [6.45, 7) is 3.52. The number of hydrogen-bond donors (Lipinski definition) is 3. The molecule has 1 fully saturated rings. The number of likely N-dealkylation sites (N-methyl/N-ethyl adjacent to an activating group) is 1. The predicted molar refractivity (Wildman–Crippen MR) is 80.3 cm³/mol. The molecule has 3 rings (SSSR count). The van der Waals surface area contributed by atoms with E-state index in [-0.39, 0.29) is 11.9 Å². The summed E-state index contributed by atoms with van der Waals surface area (Å²) in [7, 11) is 1.66. The Kier molecular flexibility index (Phi) is 3.59. The Morgan fingerprint density at radius 1 is 1.52 bits per heavy atom. The van der Waals surface area contributed by atoms with Crippen molar-refractivity contribution in [2.24, 2.45) is 0 Å². The van der Waals surface area contributed by atoms with E-state index < -0.39 is 0 Å². The minimum atomic E-state index is -0.189. The van der Waals surface area contributed by atoms with Gasteiger partial charge in [-0.15, -0.1) is 0 Å². The fourth-order valence-electron chi connectivity index (χ4n) is 2.72. The molecule has 8 nitrogen and oxygen atoms in total. The fourth-order valence-corrected chi connectivity index (χ4v) is 2.72. The first-order chi connectivity index (χ1) is 10.2. The van der Waals surface area contributed by atoms with Crippen molar-refractivity contribution in [1.82, 2.24) is 25.3 Å². The zero-order valence-corrected chi connectivity index (χ0v) is 12.2. The van der Waals surface area contributed by atoms with Gasteiger partial charge in [-0.25, -0.2) is 4.98 Å². The molecule has 1 unspecified atom stereocenters. The van der Waals surface area contributed by atoms with Crippen LogP contribution < -0.4 is 15.5 Å². The zero-order valence-electron chi connectivity index (χ0n) is 12.2. The Labute approximate surface area is 122 Å². The summed E-state index contributed by atoms with van der Waals surface area (Å²) in [5, 5.41) is 5.83. The van der Waals surface area contributed by atoms with Crippen molar-refractivity contribution in [3.05, 3.63) is 6.33 Å². The molecule has 1 saturated heterocycles. The molecule has 1 aliphatic rings. The van der Waals surface area contributed by atoms with Gasteiger partial charge in [0.2, 0.25) is 11.9 Å². The molecule has 21 heavy (non-hydrogen) atoms. The summed E-state index contributed by atoms with van der Waals surface area (Å²) in [5.74, 6) is 1.29. The van der Waals surface area contributed by atoms with Crippen LogP contribution >= 0.6 is 0 Å². The largest absolute Gasteiger partial charge is 0.357 e. The van der Waals surface area contributed by atoms with Crippen LogP contribution in [0.15, 0.2) is 6.33 Å². The lowest BCUT2D eigenvalue weighted by Crippen LogP contribution is -2.42. The maximum absolute atomic E-state index is 12.0. The lowest BCUT2D eigenvalue weighted by atomic mass is 10.2. The number of carbonyl (C=O) groups excluding carboxylic acids is 1. The highest BCUT2D eigenvalue weighted by Crippen LogP contribution is 2.29. The van der Waals surface area contributed by atoms with Gasteiger partial charge < -0.3 is 20.5 Å². The van der Waals surface area contributed by atoms with Crippen LogP contribution in [0.4, 0.5) is 11.8 Å². The number of imidazole rings is 1. The number of aromatic nitrogens is 4. The van der Waals surface area contributed by atoms with Crippen molar-refractivity contribution >= 4 is 28.8 Å². The maximum Gasteiger partial charge on any atom is 0.242 e. The molecule has 2 aromatic heterocycles. The van der Waals surface area contributed by atoms with Gasteiger partial charge in [-0.2, -0.15) is 9.97 Å². The van der Waals surface area contributed by atoms with Crippen LogP contribution in [-0.2, 0) is 4.79 Å². The van der Waals surface area contributed by atoms with Gasteiger partial charge in [0.05, 0.1) is 6.33 Å². The molecule has 1 aliphatic heterocycles. The molecule has 0 aromatic carbocycles. The molecule has 0 saturated carbocycles. The number of carbonyl (C=O) groups is 1. The SMILES string of the molecule is CCNc1nc(N2CCCC2C(=O)NC)c2[nH]cnc2n1. The summed E-state index contributed by atoms with van der Waals surface area (Å²) in [6.07, 6.45) is 3.40. The third-order valence-corrected chi connectivity index (χ3v) is 3.68. The molecule has 3 heterocycles. The van der Waals surface area contributed by atoms with Gasteiger partial charge >= 0.3 is 0 Å². The molecule has 1 amide bonds. The van der Waals surface area contributed by atoms with E-state index in [9.17, 15) is 4.79 Å². The van der Waals surface area contributed by atoms with Crippen LogP contribution in [0.3, 0.4) is 0 Å².